The Balaban J connectivity index is 1.77. The zero-order valence-electron chi connectivity index (χ0n) is 10.7. The summed E-state index contributed by atoms with van der Waals surface area (Å²) in [5, 5.41) is 4.49. The first kappa shape index (κ1) is 14.7. The number of hydrogen-bond acceptors (Lipinski definition) is 3. The topological polar surface area (TPSA) is 12.0 Å². The Hall–Kier alpha value is 0.660. The summed E-state index contributed by atoms with van der Waals surface area (Å²) in [6.07, 6.45) is 8.43. The van der Waals surface area contributed by atoms with Crippen LogP contribution in [0.2, 0.25) is 0 Å². The van der Waals surface area contributed by atoms with Gasteiger partial charge in [-0.2, -0.15) is 23.5 Å². The second-order valence-corrected chi connectivity index (χ2v) is 7.10. The van der Waals surface area contributed by atoms with E-state index >= 15 is 0 Å². The van der Waals surface area contributed by atoms with Gasteiger partial charge < -0.3 is 5.32 Å². The summed E-state index contributed by atoms with van der Waals surface area (Å²) in [6.45, 7) is 4.74. The third-order valence-corrected chi connectivity index (χ3v) is 5.81. The molecular formula is C13H27NS2. The first-order chi connectivity index (χ1) is 7.93. The zero-order chi connectivity index (χ0) is 11.5. The molecule has 0 aromatic heterocycles. The zero-order valence-corrected chi connectivity index (χ0v) is 12.3. The first-order valence-corrected chi connectivity index (χ1v) is 9.04. The van der Waals surface area contributed by atoms with Gasteiger partial charge in [0.25, 0.3) is 0 Å². The summed E-state index contributed by atoms with van der Waals surface area (Å²) in [6, 6.07) is 0. The molecule has 0 aromatic rings. The first-order valence-electron chi connectivity index (χ1n) is 6.83. The van der Waals surface area contributed by atoms with Gasteiger partial charge in [0.05, 0.1) is 0 Å². The average molecular weight is 261 g/mol. The summed E-state index contributed by atoms with van der Waals surface area (Å²) in [5.41, 5.74) is 0. The van der Waals surface area contributed by atoms with Crippen LogP contribution in [0.15, 0.2) is 0 Å². The highest BCUT2D eigenvalue weighted by molar-refractivity contribution is 8.06. The molecule has 96 valence electrons. The fourth-order valence-electron chi connectivity index (χ4n) is 1.95. The van der Waals surface area contributed by atoms with Crippen LogP contribution < -0.4 is 5.32 Å². The maximum Gasteiger partial charge on any atom is 0.0263 e. The van der Waals surface area contributed by atoms with E-state index in [1.54, 1.807) is 0 Å². The molecule has 0 aromatic carbocycles. The highest BCUT2D eigenvalue weighted by atomic mass is 32.2. The molecule has 1 saturated heterocycles. The van der Waals surface area contributed by atoms with Crippen LogP contribution in [-0.2, 0) is 0 Å². The second kappa shape index (κ2) is 10.8. The van der Waals surface area contributed by atoms with Crippen molar-refractivity contribution in [3.63, 3.8) is 0 Å². The van der Waals surface area contributed by atoms with Crippen molar-refractivity contribution in [3.8, 4) is 0 Å². The van der Waals surface area contributed by atoms with E-state index in [9.17, 15) is 0 Å². The maximum atomic E-state index is 3.61. The van der Waals surface area contributed by atoms with E-state index in [4.69, 9.17) is 0 Å². The van der Waals surface area contributed by atoms with Crippen molar-refractivity contribution in [2.45, 2.75) is 50.7 Å². The molecule has 0 aliphatic carbocycles. The lowest BCUT2D eigenvalue weighted by Crippen LogP contribution is -2.29. The van der Waals surface area contributed by atoms with Crippen LogP contribution in [0.3, 0.4) is 0 Å². The Morgan fingerprint density at radius 3 is 2.62 bits per heavy atom. The van der Waals surface area contributed by atoms with E-state index in [0.717, 1.165) is 5.25 Å². The van der Waals surface area contributed by atoms with E-state index in [2.05, 4.69) is 35.8 Å². The number of unbranched alkanes of at least 4 members (excludes halogenated alkanes) is 5. The Morgan fingerprint density at radius 1 is 1.06 bits per heavy atom. The number of thioether (sulfide) groups is 2. The minimum Gasteiger partial charge on any atom is -0.316 e. The molecule has 1 aliphatic rings. The van der Waals surface area contributed by atoms with Gasteiger partial charge in [-0.3, -0.25) is 0 Å². The number of nitrogens with one attached hydrogen (secondary N) is 1. The molecule has 0 radical (unpaired) electrons. The van der Waals surface area contributed by atoms with Crippen molar-refractivity contribution in [2.24, 2.45) is 0 Å². The molecule has 0 bridgehead atoms. The van der Waals surface area contributed by atoms with E-state index in [1.807, 2.05) is 0 Å². The van der Waals surface area contributed by atoms with Crippen molar-refractivity contribution in [3.05, 3.63) is 0 Å². The van der Waals surface area contributed by atoms with E-state index in [1.165, 1.54) is 68.9 Å². The monoisotopic (exact) mass is 261 g/mol. The van der Waals surface area contributed by atoms with E-state index in [0.29, 0.717) is 0 Å². The van der Waals surface area contributed by atoms with Gasteiger partial charge in [-0.25, -0.2) is 0 Å². The summed E-state index contributed by atoms with van der Waals surface area (Å²) < 4.78 is 0. The molecule has 1 nitrogen and oxygen atoms in total. The molecule has 1 fully saturated rings. The predicted octanol–water partition coefficient (Wildman–Crippen LogP) is 3.79. The van der Waals surface area contributed by atoms with Crippen molar-refractivity contribution < 1.29 is 0 Å². The SMILES string of the molecule is CCCCCCCCNCC1CSCCS1. The molecule has 1 N–H and O–H groups in total. The molecular weight excluding hydrogens is 234 g/mol. The van der Waals surface area contributed by atoms with Crippen molar-refractivity contribution in [2.75, 3.05) is 30.3 Å². The van der Waals surface area contributed by atoms with Gasteiger partial charge in [0.1, 0.15) is 0 Å². The van der Waals surface area contributed by atoms with E-state index < -0.39 is 0 Å². The Labute approximate surface area is 110 Å². The lowest BCUT2D eigenvalue weighted by molar-refractivity contribution is 0.573. The molecule has 3 heteroatoms. The maximum absolute atomic E-state index is 3.61. The fraction of sp³-hybridized carbons (Fsp3) is 1.00. The largest absolute Gasteiger partial charge is 0.316 e. The van der Waals surface area contributed by atoms with E-state index in [-0.39, 0.29) is 0 Å². The summed E-state index contributed by atoms with van der Waals surface area (Å²) >= 11 is 4.27. The van der Waals surface area contributed by atoms with Gasteiger partial charge in [-0.1, -0.05) is 39.0 Å². The Morgan fingerprint density at radius 2 is 1.88 bits per heavy atom. The third-order valence-electron chi connectivity index (χ3n) is 2.96. The highest BCUT2D eigenvalue weighted by Crippen LogP contribution is 2.23. The number of rotatable bonds is 9. The van der Waals surface area contributed by atoms with Crippen LogP contribution in [0.4, 0.5) is 0 Å². The van der Waals surface area contributed by atoms with Crippen LogP contribution in [0.1, 0.15) is 45.4 Å². The smallest absolute Gasteiger partial charge is 0.0263 e. The van der Waals surface area contributed by atoms with Gasteiger partial charge in [0.15, 0.2) is 0 Å². The molecule has 0 spiro atoms. The summed E-state index contributed by atoms with van der Waals surface area (Å²) in [4.78, 5) is 0. The molecule has 1 rings (SSSR count). The summed E-state index contributed by atoms with van der Waals surface area (Å²) in [7, 11) is 0. The van der Waals surface area contributed by atoms with Crippen LogP contribution in [-0.4, -0.2) is 35.6 Å². The minimum atomic E-state index is 0.874. The molecule has 1 heterocycles. The molecule has 1 aliphatic heterocycles. The molecule has 16 heavy (non-hydrogen) atoms. The standard InChI is InChI=1S/C13H27NS2/c1-2-3-4-5-6-7-8-14-11-13-12-15-9-10-16-13/h13-14H,2-12H2,1H3. The van der Waals surface area contributed by atoms with Crippen LogP contribution >= 0.6 is 23.5 Å². The Bertz CT molecular complexity index is 147. The minimum absolute atomic E-state index is 0.874. The number of hydrogen-bond donors (Lipinski definition) is 1. The predicted molar refractivity (Wildman–Crippen MR) is 79.8 cm³/mol. The van der Waals surface area contributed by atoms with Gasteiger partial charge in [0, 0.05) is 29.1 Å². The van der Waals surface area contributed by atoms with Crippen molar-refractivity contribution in [1.82, 2.24) is 5.32 Å². The van der Waals surface area contributed by atoms with Crippen LogP contribution in [0, 0.1) is 0 Å². The van der Waals surface area contributed by atoms with Crippen molar-refractivity contribution in [1.29, 1.82) is 0 Å². The highest BCUT2D eigenvalue weighted by Gasteiger charge is 2.12. The fourth-order valence-corrected chi connectivity index (χ4v) is 4.59. The van der Waals surface area contributed by atoms with Crippen LogP contribution in [0.25, 0.3) is 0 Å². The van der Waals surface area contributed by atoms with Gasteiger partial charge in [-0.15, -0.1) is 0 Å². The quantitative estimate of drug-likeness (QED) is 0.634. The second-order valence-electron chi connectivity index (χ2n) is 4.54. The molecule has 0 amide bonds. The summed E-state index contributed by atoms with van der Waals surface area (Å²) in [5.74, 6) is 4.07. The lowest BCUT2D eigenvalue weighted by atomic mass is 10.1. The normalized spacial score (nSPS) is 21.2. The third kappa shape index (κ3) is 7.86. The van der Waals surface area contributed by atoms with Gasteiger partial charge in [0.2, 0.25) is 0 Å². The van der Waals surface area contributed by atoms with Gasteiger partial charge in [-0.05, 0) is 13.0 Å². The van der Waals surface area contributed by atoms with Gasteiger partial charge >= 0.3 is 0 Å². The van der Waals surface area contributed by atoms with Crippen LogP contribution in [0.5, 0.6) is 0 Å². The molecule has 1 atom stereocenters. The molecule has 1 unspecified atom stereocenters. The average Bonchev–Trinajstić information content (AvgIpc) is 2.34. The molecule has 0 saturated carbocycles. The Kier molecular flexibility index (Phi) is 9.93. The lowest BCUT2D eigenvalue weighted by Gasteiger charge is -2.21. The van der Waals surface area contributed by atoms with Crippen molar-refractivity contribution >= 4 is 23.5 Å².